The molecule has 1 amide bonds. The first kappa shape index (κ1) is 13.7. The van der Waals surface area contributed by atoms with Crippen LogP contribution in [0.1, 0.15) is 6.92 Å². The number of carbonyl (C=O) groups is 1. The van der Waals surface area contributed by atoms with Crippen LogP contribution in [0.15, 0.2) is 73.0 Å². The SMILES string of the molecule is C=C(C)OC(=O)NN(c1ccccc1)c1ccccc1. The standard InChI is InChI=1S/C16H16N2O2/c1-13(2)20-16(19)17-18(14-9-5-3-6-10-14)15-11-7-4-8-12-15/h3-12H,1H2,2H3,(H,17,19). The zero-order valence-electron chi connectivity index (χ0n) is 11.2. The van der Waals surface area contributed by atoms with Crippen molar-refractivity contribution in [2.24, 2.45) is 0 Å². The Morgan fingerprint density at radius 1 is 1.00 bits per heavy atom. The van der Waals surface area contributed by atoms with Gasteiger partial charge in [-0.2, -0.15) is 0 Å². The van der Waals surface area contributed by atoms with Crippen molar-refractivity contribution in [1.82, 2.24) is 5.43 Å². The highest BCUT2D eigenvalue weighted by atomic mass is 16.6. The lowest BCUT2D eigenvalue weighted by Gasteiger charge is -2.24. The molecule has 0 radical (unpaired) electrons. The van der Waals surface area contributed by atoms with E-state index >= 15 is 0 Å². The molecule has 0 bridgehead atoms. The molecule has 0 fully saturated rings. The molecule has 4 nitrogen and oxygen atoms in total. The van der Waals surface area contributed by atoms with E-state index in [1.807, 2.05) is 60.7 Å². The number of hydrogen-bond donors (Lipinski definition) is 1. The van der Waals surface area contributed by atoms with Gasteiger partial charge in [-0.15, -0.1) is 0 Å². The lowest BCUT2D eigenvalue weighted by Crippen LogP contribution is -2.39. The number of benzene rings is 2. The molecule has 2 rings (SSSR count). The second-order valence-corrected chi connectivity index (χ2v) is 4.21. The topological polar surface area (TPSA) is 41.6 Å². The molecule has 0 heterocycles. The van der Waals surface area contributed by atoms with E-state index in [0.717, 1.165) is 11.4 Å². The lowest BCUT2D eigenvalue weighted by molar-refractivity contribution is 0.177. The molecule has 20 heavy (non-hydrogen) atoms. The number of anilines is 2. The zero-order valence-corrected chi connectivity index (χ0v) is 11.2. The fraction of sp³-hybridized carbons (Fsp3) is 0.0625. The Labute approximate surface area is 118 Å². The van der Waals surface area contributed by atoms with Crippen molar-refractivity contribution in [1.29, 1.82) is 0 Å². The van der Waals surface area contributed by atoms with E-state index < -0.39 is 6.09 Å². The van der Waals surface area contributed by atoms with E-state index in [9.17, 15) is 4.79 Å². The van der Waals surface area contributed by atoms with Crippen LogP contribution in [0.2, 0.25) is 0 Å². The van der Waals surface area contributed by atoms with Gasteiger partial charge >= 0.3 is 6.09 Å². The Morgan fingerprint density at radius 3 is 1.85 bits per heavy atom. The Balaban J connectivity index is 2.26. The number of para-hydroxylation sites is 2. The third-order valence-corrected chi connectivity index (χ3v) is 2.50. The largest absolute Gasteiger partial charge is 0.431 e. The average Bonchev–Trinajstić information content (AvgIpc) is 2.46. The first-order valence-electron chi connectivity index (χ1n) is 6.21. The van der Waals surface area contributed by atoms with Gasteiger partial charge in [0, 0.05) is 0 Å². The monoisotopic (exact) mass is 268 g/mol. The van der Waals surface area contributed by atoms with E-state index in [1.165, 1.54) is 0 Å². The smallest absolute Gasteiger partial charge is 0.415 e. The summed E-state index contributed by atoms with van der Waals surface area (Å²) in [6.45, 7) is 5.17. The molecular formula is C16H16N2O2. The van der Waals surface area contributed by atoms with Gasteiger partial charge in [0.25, 0.3) is 0 Å². The van der Waals surface area contributed by atoms with Crippen molar-refractivity contribution in [3.63, 3.8) is 0 Å². The summed E-state index contributed by atoms with van der Waals surface area (Å²) >= 11 is 0. The highest BCUT2D eigenvalue weighted by molar-refractivity contribution is 5.75. The minimum absolute atomic E-state index is 0.337. The van der Waals surface area contributed by atoms with Crippen LogP contribution in [0.4, 0.5) is 16.2 Å². The van der Waals surface area contributed by atoms with Crippen molar-refractivity contribution in [3.8, 4) is 0 Å². The molecule has 1 N–H and O–H groups in total. The van der Waals surface area contributed by atoms with Gasteiger partial charge in [0.15, 0.2) is 0 Å². The molecule has 0 saturated heterocycles. The Hall–Kier alpha value is -2.75. The summed E-state index contributed by atoms with van der Waals surface area (Å²) in [5.41, 5.74) is 4.35. The predicted molar refractivity (Wildman–Crippen MR) is 79.5 cm³/mol. The van der Waals surface area contributed by atoms with E-state index in [-0.39, 0.29) is 0 Å². The third-order valence-electron chi connectivity index (χ3n) is 2.50. The molecular weight excluding hydrogens is 252 g/mol. The van der Waals surface area contributed by atoms with Crippen molar-refractivity contribution in [2.45, 2.75) is 6.92 Å². The third kappa shape index (κ3) is 3.62. The second-order valence-electron chi connectivity index (χ2n) is 4.21. The highest BCUT2D eigenvalue weighted by Crippen LogP contribution is 2.22. The van der Waals surface area contributed by atoms with Crippen LogP contribution >= 0.6 is 0 Å². The number of nitrogens with zero attached hydrogens (tertiary/aromatic N) is 1. The first-order valence-corrected chi connectivity index (χ1v) is 6.21. The quantitative estimate of drug-likeness (QED) is 0.673. The normalized spacial score (nSPS) is 9.65. The number of rotatable bonds is 4. The van der Waals surface area contributed by atoms with Gasteiger partial charge in [-0.3, -0.25) is 5.01 Å². The number of amides is 1. The molecule has 102 valence electrons. The van der Waals surface area contributed by atoms with Crippen molar-refractivity contribution >= 4 is 17.5 Å². The summed E-state index contributed by atoms with van der Waals surface area (Å²) in [6.07, 6.45) is -0.579. The molecule has 0 unspecified atom stereocenters. The van der Waals surface area contributed by atoms with E-state index in [4.69, 9.17) is 4.74 Å². The summed E-state index contributed by atoms with van der Waals surface area (Å²) in [6, 6.07) is 19.0. The number of hydrogen-bond acceptors (Lipinski definition) is 3. The van der Waals surface area contributed by atoms with Gasteiger partial charge in [0.05, 0.1) is 17.1 Å². The minimum Gasteiger partial charge on any atom is -0.415 e. The van der Waals surface area contributed by atoms with Crippen LogP contribution < -0.4 is 10.4 Å². The maximum absolute atomic E-state index is 11.8. The summed E-state index contributed by atoms with van der Waals surface area (Å²) in [5.74, 6) is 0.337. The highest BCUT2D eigenvalue weighted by Gasteiger charge is 2.13. The van der Waals surface area contributed by atoms with Crippen molar-refractivity contribution < 1.29 is 9.53 Å². The Morgan fingerprint density at radius 2 is 1.45 bits per heavy atom. The summed E-state index contributed by atoms with van der Waals surface area (Å²) in [5, 5.41) is 1.66. The van der Waals surface area contributed by atoms with E-state index in [2.05, 4.69) is 12.0 Å². The van der Waals surface area contributed by atoms with Crippen molar-refractivity contribution in [3.05, 3.63) is 73.0 Å². The van der Waals surface area contributed by atoms with Crippen LogP contribution in [0.5, 0.6) is 0 Å². The molecule has 0 atom stereocenters. The van der Waals surface area contributed by atoms with Crippen LogP contribution in [0.3, 0.4) is 0 Å². The summed E-state index contributed by atoms with van der Waals surface area (Å²) < 4.78 is 4.94. The molecule has 0 aliphatic rings. The minimum atomic E-state index is -0.579. The fourth-order valence-electron chi connectivity index (χ4n) is 1.70. The molecule has 0 aromatic heterocycles. The maximum atomic E-state index is 11.8. The van der Waals surface area contributed by atoms with Crippen LogP contribution in [-0.4, -0.2) is 6.09 Å². The van der Waals surface area contributed by atoms with E-state index in [0.29, 0.717) is 5.76 Å². The number of allylic oxidation sites excluding steroid dienone is 1. The van der Waals surface area contributed by atoms with Gasteiger partial charge in [0.1, 0.15) is 0 Å². The Bertz CT molecular complexity index is 542. The van der Waals surface area contributed by atoms with Gasteiger partial charge < -0.3 is 4.74 Å². The predicted octanol–water partition coefficient (Wildman–Crippen LogP) is 4.00. The molecule has 0 saturated carbocycles. The van der Waals surface area contributed by atoms with E-state index in [1.54, 1.807) is 11.9 Å². The molecule has 2 aromatic carbocycles. The fourth-order valence-corrected chi connectivity index (χ4v) is 1.70. The second kappa shape index (κ2) is 6.43. The van der Waals surface area contributed by atoms with Gasteiger partial charge in [-0.25, -0.2) is 10.2 Å². The van der Waals surface area contributed by atoms with Gasteiger partial charge in [0.2, 0.25) is 0 Å². The molecule has 4 heteroatoms. The zero-order chi connectivity index (χ0) is 14.4. The number of ether oxygens (including phenoxy) is 1. The molecule has 0 aliphatic carbocycles. The van der Waals surface area contributed by atoms with Crippen LogP contribution in [0.25, 0.3) is 0 Å². The number of nitrogens with one attached hydrogen (secondary N) is 1. The first-order chi connectivity index (χ1) is 9.66. The molecule has 0 spiro atoms. The Kier molecular flexibility index (Phi) is 4.39. The van der Waals surface area contributed by atoms with Crippen LogP contribution in [-0.2, 0) is 4.74 Å². The summed E-state index contributed by atoms with van der Waals surface area (Å²) in [4.78, 5) is 11.8. The lowest BCUT2D eigenvalue weighted by atomic mass is 10.2. The van der Waals surface area contributed by atoms with Gasteiger partial charge in [-0.1, -0.05) is 43.0 Å². The van der Waals surface area contributed by atoms with Crippen LogP contribution in [0, 0.1) is 0 Å². The maximum Gasteiger partial charge on any atom is 0.431 e. The molecule has 2 aromatic rings. The average molecular weight is 268 g/mol. The number of hydrazine groups is 1. The molecule has 0 aliphatic heterocycles. The summed E-state index contributed by atoms with van der Waals surface area (Å²) in [7, 11) is 0. The number of carbonyl (C=O) groups excluding carboxylic acids is 1. The van der Waals surface area contributed by atoms with Gasteiger partial charge in [-0.05, 0) is 31.2 Å². The van der Waals surface area contributed by atoms with Crippen molar-refractivity contribution in [2.75, 3.05) is 5.01 Å².